The molecule has 3 aromatic heterocycles. The molecule has 0 amide bonds. The van der Waals surface area contributed by atoms with Crippen molar-refractivity contribution in [1.29, 1.82) is 0 Å². The summed E-state index contributed by atoms with van der Waals surface area (Å²) in [5.41, 5.74) is 1.68. The second-order valence-corrected chi connectivity index (χ2v) is 6.36. The van der Waals surface area contributed by atoms with E-state index in [0.717, 1.165) is 42.5 Å². The minimum atomic E-state index is 0.287. The van der Waals surface area contributed by atoms with Crippen LogP contribution in [0.25, 0.3) is 17.1 Å². The molecule has 4 rings (SSSR count). The molecule has 0 aromatic carbocycles. The quantitative estimate of drug-likeness (QED) is 0.738. The maximum Gasteiger partial charge on any atom is 0.233 e. The van der Waals surface area contributed by atoms with Crippen LogP contribution in [0.5, 0.6) is 0 Å². The van der Waals surface area contributed by atoms with Crippen molar-refractivity contribution in [3.05, 3.63) is 30.5 Å². The summed E-state index contributed by atoms with van der Waals surface area (Å²) in [5, 5.41) is 4.31. The molecule has 23 heavy (non-hydrogen) atoms. The fourth-order valence-corrected chi connectivity index (χ4v) is 2.95. The van der Waals surface area contributed by atoms with Crippen LogP contribution in [-0.4, -0.2) is 42.5 Å². The van der Waals surface area contributed by atoms with Gasteiger partial charge in [0.15, 0.2) is 5.65 Å². The van der Waals surface area contributed by atoms with Crippen molar-refractivity contribution in [3.63, 3.8) is 0 Å². The van der Waals surface area contributed by atoms with Gasteiger partial charge in [-0.3, -0.25) is 4.57 Å². The van der Waals surface area contributed by atoms with E-state index >= 15 is 0 Å². The number of fused-ring (bicyclic) bond motifs is 1. The molecular formula is C16H20N6O. The summed E-state index contributed by atoms with van der Waals surface area (Å²) in [5.74, 6) is 2.41. The van der Waals surface area contributed by atoms with Gasteiger partial charge >= 0.3 is 0 Å². The van der Waals surface area contributed by atoms with Crippen LogP contribution >= 0.6 is 0 Å². The van der Waals surface area contributed by atoms with Gasteiger partial charge in [-0.2, -0.15) is 5.10 Å². The highest BCUT2D eigenvalue weighted by atomic mass is 16.5. The van der Waals surface area contributed by atoms with Crippen molar-refractivity contribution in [2.75, 3.05) is 13.2 Å². The monoisotopic (exact) mass is 312 g/mol. The Bertz CT molecular complexity index is 801. The Kier molecular flexibility index (Phi) is 3.57. The summed E-state index contributed by atoms with van der Waals surface area (Å²) < 4.78 is 9.38. The third-order valence-corrected chi connectivity index (χ3v) is 4.04. The third kappa shape index (κ3) is 2.61. The molecule has 7 heteroatoms. The van der Waals surface area contributed by atoms with E-state index in [-0.39, 0.29) is 5.92 Å². The molecule has 1 aliphatic heterocycles. The highest BCUT2D eigenvalue weighted by Gasteiger charge is 2.23. The van der Waals surface area contributed by atoms with Gasteiger partial charge in [-0.15, -0.1) is 0 Å². The van der Waals surface area contributed by atoms with E-state index in [1.54, 1.807) is 10.9 Å². The summed E-state index contributed by atoms with van der Waals surface area (Å²) in [6, 6.07) is 1.89. The Morgan fingerprint density at radius 3 is 2.96 bits per heavy atom. The number of hydrogen-bond acceptors (Lipinski definition) is 5. The first-order chi connectivity index (χ1) is 11.2. The average Bonchev–Trinajstić information content (AvgIpc) is 3.27. The molecule has 1 aliphatic rings. The zero-order valence-corrected chi connectivity index (χ0v) is 13.4. The fourth-order valence-electron chi connectivity index (χ4n) is 2.95. The number of rotatable bonds is 4. The highest BCUT2D eigenvalue weighted by Crippen LogP contribution is 2.25. The normalized spacial score (nSPS) is 18.3. The smallest absolute Gasteiger partial charge is 0.233 e. The molecule has 0 spiro atoms. The molecule has 4 heterocycles. The summed E-state index contributed by atoms with van der Waals surface area (Å²) in [6.07, 6.45) is 6.46. The molecule has 120 valence electrons. The number of imidazole rings is 1. The summed E-state index contributed by atoms with van der Waals surface area (Å²) in [7, 11) is 0. The van der Waals surface area contributed by atoms with Gasteiger partial charge in [0.2, 0.25) is 5.95 Å². The number of ether oxygens (including phenoxy) is 1. The van der Waals surface area contributed by atoms with Crippen LogP contribution in [0.3, 0.4) is 0 Å². The second-order valence-electron chi connectivity index (χ2n) is 6.36. The molecule has 0 N–H and O–H groups in total. The lowest BCUT2D eigenvalue weighted by Gasteiger charge is -2.11. The van der Waals surface area contributed by atoms with E-state index < -0.39 is 0 Å². The van der Waals surface area contributed by atoms with Crippen LogP contribution in [0.1, 0.15) is 32.0 Å². The van der Waals surface area contributed by atoms with Gasteiger partial charge in [-0.25, -0.2) is 19.6 Å². The predicted octanol–water partition coefficient (Wildman–Crippen LogP) is 2.17. The average molecular weight is 312 g/mol. The Morgan fingerprint density at radius 1 is 1.35 bits per heavy atom. The largest absolute Gasteiger partial charge is 0.381 e. The van der Waals surface area contributed by atoms with Crippen LogP contribution in [-0.2, 0) is 11.3 Å². The van der Waals surface area contributed by atoms with Gasteiger partial charge < -0.3 is 4.74 Å². The standard InChI is InChI=1S/C16H20N6O/c1-11(2)9-21-15-13(19-16(21)22-6-3-5-18-22)8-17-14(20-15)12-4-7-23-10-12/h3,5-6,8,11-12H,4,7,9-10H2,1-2H3. The maximum atomic E-state index is 5.47. The van der Waals surface area contributed by atoms with Gasteiger partial charge in [0.05, 0.1) is 12.8 Å². The van der Waals surface area contributed by atoms with Crippen molar-refractivity contribution >= 4 is 11.2 Å². The van der Waals surface area contributed by atoms with Gasteiger partial charge in [0, 0.05) is 31.5 Å². The summed E-state index contributed by atoms with van der Waals surface area (Å²) >= 11 is 0. The zero-order chi connectivity index (χ0) is 15.8. The lowest BCUT2D eigenvalue weighted by Crippen LogP contribution is -2.12. The van der Waals surface area contributed by atoms with E-state index in [0.29, 0.717) is 12.5 Å². The van der Waals surface area contributed by atoms with Crippen molar-refractivity contribution < 1.29 is 4.74 Å². The van der Waals surface area contributed by atoms with E-state index in [2.05, 4.69) is 33.5 Å². The lowest BCUT2D eigenvalue weighted by molar-refractivity contribution is 0.193. The van der Waals surface area contributed by atoms with E-state index in [1.165, 1.54) is 0 Å². The van der Waals surface area contributed by atoms with Crippen molar-refractivity contribution in [2.45, 2.75) is 32.7 Å². The van der Waals surface area contributed by atoms with Crippen LogP contribution in [0.15, 0.2) is 24.7 Å². The van der Waals surface area contributed by atoms with Gasteiger partial charge in [-0.05, 0) is 18.4 Å². The van der Waals surface area contributed by atoms with Crippen molar-refractivity contribution in [3.8, 4) is 5.95 Å². The number of nitrogens with zero attached hydrogens (tertiary/aromatic N) is 6. The molecule has 0 aliphatic carbocycles. The SMILES string of the molecule is CC(C)Cn1c(-n2cccn2)nc2cnc(C3CCOC3)nc21. The maximum absolute atomic E-state index is 5.47. The first-order valence-corrected chi connectivity index (χ1v) is 8.03. The Labute approximate surface area is 134 Å². The zero-order valence-electron chi connectivity index (χ0n) is 13.4. The minimum Gasteiger partial charge on any atom is -0.381 e. The second kappa shape index (κ2) is 5.73. The molecular weight excluding hydrogens is 292 g/mol. The minimum absolute atomic E-state index is 0.287. The molecule has 0 saturated carbocycles. The molecule has 1 atom stereocenters. The van der Waals surface area contributed by atoms with Crippen LogP contribution in [0.4, 0.5) is 0 Å². The molecule has 1 fully saturated rings. The lowest BCUT2D eigenvalue weighted by atomic mass is 10.1. The van der Waals surface area contributed by atoms with Gasteiger partial charge in [-0.1, -0.05) is 13.8 Å². The van der Waals surface area contributed by atoms with Crippen molar-refractivity contribution in [2.24, 2.45) is 5.92 Å². The molecule has 3 aromatic rings. The first-order valence-electron chi connectivity index (χ1n) is 8.03. The van der Waals surface area contributed by atoms with Crippen molar-refractivity contribution in [1.82, 2.24) is 29.3 Å². The Hall–Kier alpha value is -2.28. The van der Waals surface area contributed by atoms with Crippen LogP contribution in [0, 0.1) is 5.92 Å². The number of hydrogen-bond donors (Lipinski definition) is 0. The summed E-state index contributed by atoms with van der Waals surface area (Å²) in [4.78, 5) is 14.0. The summed E-state index contributed by atoms with van der Waals surface area (Å²) in [6.45, 7) is 6.70. The molecule has 7 nitrogen and oxygen atoms in total. The van der Waals surface area contributed by atoms with E-state index in [4.69, 9.17) is 9.72 Å². The topological polar surface area (TPSA) is 70.7 Å². The fraction of sp³-hybridized carbons (Fsp3) is 0.500. The Morgan fingerprint density at radius 2 is 2.26 bits per heavy atom. The Balaban J connectivity index is 1.85. The first kappa shape index (κ1) is 14.3. The van der Waals surface area contributed by atoms with E-state index in [9.17, 15) is 0 Å². The number of aromatic nitrogens is 6. The molecule has 0 radical (unpaired) electrons. The highest BCUT2D eigenvalue weighted by molar-refractivity contribution is 5.72. The van der Waals surface area contributed by atoms with Gasteiger partial charge in [0.1, 0.15) is 11.3 Å². The molecule has 1 saturated heterocycles. The van der Waals surface area contributed by atoms with E-state index in [1.807, 2.05) is 18.5 Å². The molecule has 1 unspecified atom stereocenters. The van der Waals surface area contributed by atoms with Gasteiger partial charge in [0.25, 0.3) is 0 Å². The predicted molar refractivity (Wildman–Crippen MR) is 85.5 cm³/mol. The third-order valence-electron chi connectivity index (χ3n) is 4.04. The molecule has 0 bridgehead atoms. The van der Waals surface area contributed by atoms with Crippen LogP contribution < -0.4 is 0 Å². The van der Waals surface area contributed by atoms with Crippen LogP contribution in [0.2, 0.25) is 0 Å².